The Morgan fingerprint density at radius 1 is 1.23 bits per heavy atom. The molecule has 0 aliphatic carbocycles. The monoisotopic (exact) mass is 436 g/mol. The summed E-state index contributed by atoms with van der Waals surface area (Å²) in [6, 6.07) is 12.9. The molecule has 0 unspecified atom stereocenters. The number of aliphatic imine (C=N–C) groups is 1. The number of ether oxygens (including phenoxy) is 1. The molecule has 154 valence electrons. The number of hydrogen-bond acceptors (Lipinski definition) is 7. The maximum Gasteiger partial charge on any atom is 0.363 e. The van der Waals surface area contributed by atoms with Crippen LogP contribution in [0.25, 0.3) is 17.3 Å². The second-order valence-corrected chi connectivity index (χ2v) is 6.93. The van der Waals surface area contributed by atoms with E-state index in [2.05, 4.69) is 10.1 Å². The molecule has 3 aromatic rings. The molecule has 9 nitrogen and oxygen atoms in total. The average molecular weight is 437 g/mol. The Labute approximate surface area is 180 Å². The summed E-state index contributed by atoms with van der Waals surface area (Å²) in [6.07, 6.45) is 2.92. The third-order valence-electron chi connectivity index (χ3n) is 4.42. The normalized spacial score (nSPS) is 14.5. The minimum Gasteiger partial charge on any atom is -0.402 e. The van der Waals surface area contributed by atoms with Gasteiger partial charge in [0, 0.05) is 36.4 Å². The molecule has 0 radical (unpaired) electrons. The van der Waals surface area contributed by atoms with Crippen molar-refractivity contribution in [3.05, 3.63) is 86.7 Å². The molecule has 0 bridgehead atoms. The van der Waals surface area contributed by atoms with Crippen LogP contribution in [0.3, 0.4) is 0 Å². The third kappa shape index (κ3) is 3.99. The van der Waals surface area contributed by atoms with Gasteiger partial charge in [0.25, 0.3) is 5.69 Å². The molecule has 4 rings (SSSR count). The quantitative estimate of drug-likeness (QED) is 0.263. The van der Waals surface area contributed by atoms with Gasteiger partial charge < -0.3 is 4.74 Å². The first-order chi connectivity index (χ1) is 14.8. The maximum absolute atomic E-state index is 12.4. The van der Waals surface area contributed by atoms with E-state index >= 15 is 0 Å². The Hall–Kier alpha value is -4.11. The van der Waals surface area contributed by atoms with E-state index in [-0.39, 0.29) is 33.8 Å². The van der Waals surface area contributed by atoms with Crippen molar-refractivity contribution in [3.8, 4) is 11.3 Å². The summed E-state index contributed by atoms with van der Waals surface area (Å²) in [5.74, 6) is -1.21. The molecule has 10 heteroatoms. The number of esters is 1. The number of non-ortho nitro benzene ring substituents is 1. The molecule has 1 aliphatic rings. The molecule has 1 aromatic heterocycles. The van der Waals surface area contributed by atoms with Gasteiger partial charge in [-0.05, 0) is 12.1 Å². The van der Waals surface area contributed by atoms with E-state index in [9.17, 15) is 19.7 Å². The Bertz CT molecular complexity index is 1290. The molecular formula is C21H13ClN4O5. The average Bonchev–Trinajstić information content (AvgIpc) is 3.33. The van der Waals surface area contributed by atoms with Crippen molar-refractivity contribution in [1.82, 2.24) is 9.78 Å². The summed E-state index contributed by atoms with van der Waals surface area (Å²) < 4.78 is 6.35. The van der Waals surface area contributed by atoms with Gasteiger partial charge in [0.1, 0.15) is 5.69 Å². The Balaban J connectivity index is 1.79. The lowest BCUT2D eigenvalue weighted by molar-refractivity contribution is -0.384. The summed E-state index contributed by atoms with van der Waals surface area (Å²) in [5, 5.41) is 15.5. The number of benzene rings is 2. The highest BCUT2D eigenvalue weighted by molar-refractivity contribution is 6.34. The number of carbonyl (C=O) groups excluding carboxylic acids is 2. The van der Waals surface area contributed by atoms with Crippen molar-refractivity contribution < 1.29 is 19.2 Å². The molecule has 0 saturated carbocycles. The molecule has 2 heterocycles. The number of halogens is 1. The summed E-state index contributed by atoms with van der Waals surface area (Å²) in [4.78, 5) is 38.8. The standard InChI is InChI=1S/C21H13ClN4O5/c1-12(27)25-11-14(19(24-25)13-5-3-2-4-6-13)9-18-21(28)31-20(23-18)16-10-15(26(29)30)7-8-17(16)22/h2-11H,1H3. The van der Waals surface area contributed by atoms with Gasteiger partial charge in [0.15, 0.2) is 5.70 Å². The molecule has 0 fully saturated rings. The van der Waals surface area contributed by atoms with Gasteiger partial charge in [-0.25, -0.2) is 14.5 Å². The number of nitro groups is 1. The van der Waals surface area contributed by atoms with Gasteiger partial charge in [-0.2, -0.15) is 5.10 Å². The minimum atomic E-state index is -0.757. The first kappa shape index (κ1) is 20.2. The zero-order valence-corrected chi connectivity index (χ0v) is 16.7. The Kier molecular flexibility index (Phi) is 5.18. The van der Waals surface area contributed by atoms with Crippen molar-refractivity contribution in [2.24, 2.45) is 4.99 Å². The van der Waals surface area contributed by atoms with E-state index in [1.54, 1.807) is 0 Å². The topological polar surface area (TPSA) is 117 Å². The van der Waals surface area contributed by atoms with E-state index in [4.69, 9.17) is 16.3 Å². The van der Waals surface area contributed by atoms with E-state index in [1.165, 1.54) is 37.4 Å². The lowest BCUT2D eigenvalue weighted by Crippen LogP contribution is -2.06. The van der Waals surface area contributed by atoms with Gasteiger partial charge in [-0.3, -0.25) is 14.9 Å². The lowest BCUT2D eigenvalue weighted by Gasteiger charge is -2.02. The van der Waals surface area contributed by atoms with Crippen molar-refractivity contribution in [2.75, 3.05) is 0 Å². The predicted molar refractivity (Wildman–Crippen MR) is 113 cm³/mol. The van der Waals surface area contributed by atoms with Crippen LogP contribution in [0, 0.1) is 10.1 Å². The number of aromatic nitrogens is 2. The van der Waals surface area contributed by atoms with Crippen LogP contribution in [-0.2, 0) is 9.53 Å². The number of rotatable bonds is 4. The highest BCUT2D eigenvalue weighted by Gasteiger charge is 2.28. The predicted octanol–water partition coefficient (Wildman–Crippen LogP) is 4.12. The fourth-order valence-corrected chi connectivity index (χ4v) is 3.14. The lowest BCUT2D eigenvalue weighted by atomic mass is 10.1. The summed E-state index contributed by atoms with van der Waals surface area (Å²) >= 11 is 6.11. The molecule has 1 aliphatic heterocycles. The molecule has 0 atom stereocenters. The molecule has 0 spiro atoms. The molecule has 0 amide bonds. The van der Waals surface area contributed by atoms with Crippen molar-refractivity contribution >= 4 is 41.1 Å². The molecule has 31 heavy (non-hydrogen) atoms. The zero-order chi connectivity index (χ0) is 22.1. The van der Waals surface area contributed by atoms with Crippen LogP contribution < -0.4 is 0 Å². The summed E-state index contributed by atoms with van der Waals surface area (Å²) in [5.41, 5.74) is 1.54. The summed E-state index contributed by atoms with van der Waals surface area (Å²) in [7, 11) is 0. The maximum atomic E-state index is 12.4. The van der Waals surface area contributed by atoms with Crippen LogP contribution >= 0.6 is 11.6 Å². The molecule has 0 saturated heterocycles. The van der Waals surface area contributed by atoms with E-state index < -0.39 is 10.9 Å². The number of nitrogens with zero attached hydrogens (tertiary/aromatic N) is 4. The smallest absolute Gasteiger partial charge is 0.363 e. The van der Waals surface area contributed by atoms with Gasteiger partial charge in [-0.15, -0.1) is 0 Å². The summed E-state index contributed by atoms with van der Waals surface area (Å²) in [6.45, 7) is 1.36. The molecule has 2 aromatic carbocycles. The Morgan fingerprint density at radius 3 is 2.65 bits per heavy atom. The number of carbonyl (C=O) groups is 2. The SMILES string of the molecule is CC(=O)n1cc(C=C2N=C(c3cc([N+](=O)[O-])ccc3Cl)OC2=O)c(-c2ccccc2)n1. The number of hydrogen-bond donors (Lipinski definition) is 0. The second-order valence-electron chi connectivity index (χ2n) is 6.52. The number of cyclic esters (lactones) is 1. The Morgan fingerprint density at radius 2 is 1.97 bits per heavy atom. The third-order valence-corrected chi connectivity index (χ3v) is 4.75. The van der Waals surface area contributed by atoms with Gasteiger partial charge in [0.2, 0.25) is 11.8 Å². The zero-order valence-electron chi connectivity index (χ0n) is 16.0. The van der Waals surface area contributed by atoms with Crippen molar-refractivity contribution in [1.29, 1.82) is 0 Å². The van der Waals surface area contributed by atoms with Crippen LogP contribution in [-0.4, -0.2) is 32.5 Å². The van der Waals surface area contributed by atoms with Crippen LogP contribution in [0.15, 0.2) is 65.4 Å². The first-order valence-electron chi connectivity index (χ1n) is 8.96. The highest BCUT2D eigenvalue weighted by Crippen LogP contribution is 2.29. The highest BCUT2D eigenvalue weighted by atomic mass is 35.5. The van der Waals surface area contributed by atoms with Crippen LogP contribution in [0.1, 0.15) is 22.8 Å². The second kappa shape index (κ2) is 7.96. The molecular weight excluding hydrogens is 424 g/mol. The van der Waals surface area contributed by atoms with Gasteiger partial charge in [0.05, 0.1) is 15.5 Å². The van der Waals surface area contributed by atoms with Crippen LogP contribution in [0.5, 0.6) is 0 Å². The van der Waals surface area contributed by atoms with E-state index in [0.717, 1.165) is 10.2 Å². The van der Waals surface area contributed by atoms with E-state index in [0.29, 0.717) is 11.3 Å². The van der Waals surface area contributed by atoms with Crippen molar-refractivity contribution in [3.63, 3.8) is 0 Å². The van der Waals surface area contributed by atoms with Crippen LogP contribution in [0.2, 0.25) is 5.02 Å². The fourth-order valence-electron chi connectivity index (χ4n) is 2.94. The van der Waals surface area contributed by atoms with E-state index in [1.807, 2.05) is 30.3 Å². The fraction of sp³-hybridized carbons (Fsp3) is 0.0476. The largest absolute Gasteiger partial charge is 0.402 e. The van der Waals surface area contributed by atoms with Gasteiger partial charge >= 0.3 is 5.97 Å². The first-order valence-corrected chi connectivity index (χ1v) is 9.34. The van der Waals surface area contributed by atoms with Crippen LogP contribution in [0.4, 0.5) is 5.69 Å². The molecule has 0 N–H and O–H groups in total. The van der Waals surface area contributed by atoms with Gasteiger partial charge in [-0.1, -0.05) is 41.9 Å². The number of nitro benzene ring substituents is 1. The minimum absolute atomic E-state index is 0.0575. The van der Waals surface area contributed by atoms with Crippen molar-refractivity contribution in [2.45, 2.75) is 6.92 Å².